The Morgan fingerprint density at radius 2 is 1.87 bits per heavy atom. The van der Waals surface area contributed by atoms with Crippen LogP contribution in [0.5, 0.6) is 0 Å². The molecule has 4 unspecified atom stereocenters. The van der Waals surface area contributed by atoms with Crippen LogP contribution in [0.25, 0.3) is 52.1 Å². The van der Waals surface area contributed by atoms with Crippen LogP contribution < -0.4 is 0 Å². The number of rotatable bonds is 2. The summed E-state index contributed by atoms with van der Waals surface area (Å²) in [7, 11) is 2.06. The van der Waals surface area contributed by atoms with Gasteiger partial charge in [-0.2, -0.15) is 8.75 Å². The molecule has 0 aliphatic heterocycles. The predicted octanol–water partition coefficient (Wildman–Crippen LogP) is 6.60. The van der Waals surface area contributed by atoms with Gasteiger partial charge in [0.15, 0.2) is 0 Å². The molecule has 0 amide bonds. The molecule has 5 aromatic heterocycles. The largest absolute Gasteiger partial charge is 0.342 e. The maximum absolute atomic E-state index is 14.5. The second-order valence-electron chi connectivity index (χ2n) is 10.0. The van der Waals surface area contributed by atoms with E-state index in [9.17, 15) is 18.4 Å². The lowest BCUT2D eigenvalue weighted by molar-refractivity contribution is -0.136. The molecule has 2 fully saturated rings. The third kappa shape index (κ3) is 3.22. The van der Waals surface area contributed by atoms with E-state index >= 15 is 0 Å². The van der Waals surface area contributed by atoms with Crippen molar-refractivity contribution in [2.24, 2.45) is 23.9 Å². The summed E-state index contributed by atoms with van der Waals surface area (Å²) in [5, 5.41) is 1.23. The molecule has 12 heteroatoms. The van der Waals surface area contributed by atoms with Crippen molar-refractivity contribution in [1.29, 1.82) is 0 Å². The molecule has 2 aliphatic rings. The molecular formula is C27H17F2N5O2S3. The van der Waals surface area contributed by atoms with Crippen LogP contribution in [0, 0.1) is 11.8 Å². The van der Waals surface area contributed by atoms with E-state index in [1.807, 2.05) is 6.07 Å². The normalized spacial score (nSPS) is 24.7. The first kappa shape index (κ1) is 23.4. The Balaban J connectivity index is 1.25. The SMILES string of the molecule is Cn1c2cc(-c3ncc(N=C4C(=O)C(=O)C5C(F)CC(F)CC45)c4nsnc34)sc2c2sc3ccccc3c21. The van der Waals surface area contributed by atoms with E-state index in [1.165, 1.54) is 31.2 Å². The van der Waals surface area contributed by atoms with Crippen molar-refractivity contribution in [2.45, 2.75) is 25.2 Å². The average Bonchev–Trinajstić information content (AvgIpc) is 3.72. The van der Waals surface area contributed by atoms with Gasteiger partial charge in [-0.25, -0.2) is 13.8 Å². The summed E-state index contributed by atoms with van der Waals surface area (Å²) in [5.74, 6) is -3.72. The molecule has 39 heavy (non-hydrogen) atoms. The van der Waals surface area contributed by atoms with E-state index in [-0.39, 0.29) is 24.2 Å². The lowest BCUT2D eigenvalue weighted by atomic mass is 9.78. The number of halogens is 2. The predicted molar refractivity (Wildman–Crippen MR) is 151 cm³/mol. The molecule has 6 aromatic rings. The van der Waals surface area contributed by atoms with Crippen LogP contribution in [0.1, 0.15) is 12.8 Å². The molecule has 4 atom stereocenters. The highest BCUT2D eigenvalue weighted by atomic mass is 32.1. The van der Waals surface area contributed by atoms with E-state index in [0.717, 1.165) is 22.1 Å². The Morgan fingerprint density at radius 1 is 1.05 bits per heavy atom. The number of aromatic nitrogens is 4. The number of alkyl halides is 2. The fourth-order valence-electron chi connectivity index (χ4n) is 6.07. The number of aliphatic imine (C=N–C) groups is 1. The van der Waals surface area contributed by atoms with Gasteiger partial charge in [0.25, 0.3) is 0 Å². The van der Waals surface area contributed by atoms with Gasteiger partial charge in [-0.1, -0.05) is 18.2 Å². The minimum atomic E-state index is -1.69. The zero-order valence-corrected chi connectivity index (χ0v) is 22.7. The van der Waals surface area contributed by atoms with Crippen molar-refractivity contribution in [3.8, 4) is 10.6 Å². The first-order valence-electron chi connectivity index (χ1n) is 12.4. The van der Waals surface area contributed by atoms with Crippen molar-refractivity contribution in [2.75, 3.05) is 0 Å². The Kier molecular flexibility index (Phi) is 4.96. The molecule has 0 bridgehead atoms. The van der Waals surface area contributed by atoms with Crippen LogP contribution in [0.3, 0.4) is 0 Å². The van der Waals surface area contributed by atoms with Crippen molar-refractivity contribution in [3.05, 3.63) is 36.5 Å². The number of carbonyl (C=O) groups is 2. The Labute approximate surface area is 231 Å². The van der Waals surface area contributed by atoms with Crippen LogP contribution in [0.15, 0.2) is 41.5 Å². The zero-order chi connectivity index (χ0) is 26.6. The molecule has 2 saturated carbocycles. The second kappa shape index (κ2) is 8.26. The number of ketones is 2. The summed E-state index contributed by atoms with van der Waals surface area (Å²) in [4.78, 5) is 35.3. The number of Topliss-reactive ketones (excluding diaryl/α,β-unsaturated/α-hetero) is 2. The van der Waals surface area contributed by atoms with Crippen LogP contribution in [-0.2, 0) is 16.6 Å². The van der Waals surface area contributed by atoms with Crippen molar-refractivity contribution in [1.82, 2.24) is 18.3 Å². The van der Waals surface area contributed by atoms with Crippen LogP contribution in [0.4, 0.5) is 14.5 Å². The highest BCUT2D eigenvalue weighted by molar-refractivity contribution is 7.32. The van der Waals surface area contributed by atoms with Gasteiger partial charge >= 0.3 is 0 Å². The van der Waals surface area contributed by atoms with Crippen molar-refractivity contribution < 1.29 is 18.4 Å². The van der Waals surface area contributed by atoms with Crippen molar-refractivity contribution in [3.63, 3.8) is 0 Å². The van der Waals surface area contributed by atoms with Gasteiger partial charge in [0, 0.05) is 29.5 Å². The maximum atomic E-state index is 14.5. The third-order valence-corrected chi connectivity index (χ3v) is 10.8. The number of hydrogen-bond donors (Lipinski definition) is 0. The minimum absolute atomic E-state index is 0.0979. The second-order valence-corrected chi connectivity index (χ2v) is 12.7. The number of thiophene rings is 2. The lowest BCUT2D eigenvalue weighted by Crippen LogP contribution is -2.36. The number of aryl methyl sites for hydroxylation is 1. The smallest absolute Gasteiger partial charge is 0.243 e. The van der Waals surface area contributed by atoms with Crippen molar-refractivity contribution >= 4 is 98.9 Å². The number of pyridine rings is 1. The number of benzene rings is 1. The summed E-state index contributed by atoms with van der Waals surface area (Å²) in [5.41, 5.74) is 4.10. The summed E-state index contributed by atoms with van der Waals surface area (Å²) >= 11 is 4.40. The van der Waals surface area contributed by atoms with E-state index in [0.29, 0.717) is 16.7 Å². The van der Waals surface area contributed by atoms with Gasteiger partial charge in [0.05, 0.1) is 54.9 Å². The average molecular weight is 578 g/mol. The Bertz CT molecular complexity index is 2050. The molecule has 194 valence electrons. The van der Waals surface area contributed by atoms with Gasteiger partial charge in [-0.3, -0.25) is 14.6 Å². The topological polar surface area (TPSA) is 90.1 Å². The quantitative estimate of drug-likeness (QED) is 0.216. The summed E-state index contributed by atoms with van der Waals surface area (Å²) in [6.45, 7) is 0. The van der Waals surface area contributed by atoms with E-state index in [1.54, 1.807) is 22.7 Å². The number of nitrogens with zero attached hydrogens (tertiary/aromatic N) is 5. The molecule has 2 aliphatic carbocycles. The van der Waals surface area contributed by atoms with E-state index in [4.69, 9.17) is 0 Å². The molecule has 8 rings (SSSR count). The third-order valence-electron chi connectivity index (χ3n) is 7.85. The van der Waals surface area contributed by atoms with Crippen LogP contribution in [-0.4, -0.2) is 47.9 Å². The zero-order valence-electron chi connectivity index (χ0n) is 20.2. The lowest BCUT2D eigenvalue weighted by Gasteiger charge is -2.28. The standard InChI is InChI=1S/C27H17F2N5O2S3/c1-34-15-8-17(38-26(15)27-23(34)11-4-2-3-5-16(11)37-27)21-22-20(32-39-33-22)14(9-30-21)31-19-12-6-10(28)7-13(29)18(12)24(35)25(19)36/h2-5,8-10,12-13,18H,6-7H2,1H3. The molecule has 7 nitrogen and oxygen atoms in total. The molecule has 0 spiro atoms. The van der Waals surface area contributed by atoms with E-state index in [2.05, 4.69) is 54.6 Å². The molecule has 1 aromatic carbocycles. The number of hydrogen-bond acceptors (Lipinski definition) is 9. The van der Waals surface area contributed by atoms with E-state index < -0.39 is 35.7 Å². The van der Waals surface area contributed by atoms with Gasteiger partial charge in [0.2, 0.25) is 11.6 Å². The highest BCUT2D eigenvalue weighted by Gasteiger charge is 2.54. The van der Waals surface area contributed by atoms with Gasteiger partial charge in [0.1, 0.15) is 34.8 Å². The molecule has 0 radical (unpaired) electrons. The van der Waals surface area contributed by atoms with Gasteiger partial charge in [-0.15, -0.1) is 22.7 Å². The molecular weight excluding hydrogens is 561 g/mol. The monoisotopic (exact) mass is 577 g/mol. The number of fused-ring (bicyclic) bond motifs is 7. The molecule has 0 saturated heterocycles. The van der Waals surface area contributed by atoms with Gasteiger partial charge < -0.3 is 4.57 Å². The highest BCUT2D eigenvalue weighted by Crippen LogP contribution is 2.47. The fourth-order valence-corrected chi connectivity index (χ4v) is 9.19. The minimum Gasteiger partial charge on any atom is -0.342 e. The molecule has 0 N–H and O–H groups in total. The maximum Gasteiger partial charge on any atom is 0.243 e. The summed E-state index contributed by atoms with van der Waals surface area (Å²) in [6, 6.07) is 10.5. The number of carbonyl (C=O) groups excluding carboxylic acids is 2. The van der Waals surface area contributed by atoms with Crippen LogP contribution in [0.2, 0.25) is 0 Å². The summed E-state index contributed by atoms with van der Waals surface area (Å²) < 4.78 is 43.4. The molecule has 5 heterocycles. The first-order chi connectivity index (χ1) is 18.9. The van der Waals surface area contributed by atoms with Crippen LogP contribution >= 0.6 is 34.4 Å². The van der Waals surface area contributed by atoms with Gasteiger partial charge in [-0.05, 0) is 18.6 Å². The Hall–Kier alpha value is -3.48. The fraction of sp³-hybridized carbons (Fsp3) is 0.259. The summed E-state index contributed by atoms with van der Waals surface area (Å²) in [6.07, 6.45) is -2.08. The first-order valence-corrected chi connectivity index (χ1v) is 14.7. The Morgan fingerprint density at radius 3 is 2.74 bits per heavy atom.